The molecule has 4 nitrogen and oxygen atoms in total. The molecular weight excluding hydrogens is 340 g/mol. The Morgan fingerprint density at radius 1 is 1.44 bits per heavy atom. The summed E-state index contributed by atoms with van der Waals surface area (Å²) in [6, 6.07) is 4.24. The zero-order chi connectivity index (χ0) is 13.9. The maximum Gasteiger partial charge on any atom is 0.240 e. The first-order chi connectivity index (χ1) is 8.24. The zero-order valence-corrected chi connectivity index (χ0v) is 13.3. The number of nitrogens with two attached hydrogens (primary N) is 1. The van der Waals surface area contributed by atoms with Gasteiger partial charge in [-0.3, -0.25) is 0 Å². The first-order valence-corrected chi connectivity index (χ1v) is 8.09. The van der Waals surface area contributed by atoms with Crippen molar-refractivity contribution in [1.29, 1.82) is 0 Å². The molecule has 0 heterocycles. The van der Waals surface area contributed by atoms with Crippen LogP contribution in [0, 0.1) is 5.92 Å². The molecule has 0 bridgehead atoms. The van der Waals surface area contributed by atoms with E-state index in [-0.39, 0.29) is 23.4 Å². The summed E-state index contributed by atoms with van der Waals surface area (Å²) >= 11 is 9.01. The molecule has 0 spiro atoms. The minimum atomic E-state index is -3.55. The molecule has 0 aliphatic rings. The van der Waals surface area contributed by atoms with Gasteiger partial charge in [-0.05, 0) is 40.0 Å². The molecule has 1 atom stereocenters. The first-order valence-electron chi connectivity index (χ1n) is 5.44. The summed E-state index contributed by atoms with van der Waals surface area (Å²) < 4.78 is 27.0. The normalized spacial score (nSPS) is 13.9. The molecule has 0 saturated heterocycles. The molecule has 1 aromatic carbocycles. The molecule has 0 fully saturated rings. The van der Waals surface area contributed by atoms with Crippen LogP contribution in [0.2, 0.25) is 5.02 Å². The fourth-order valence-electron chi connectivity index (χ4n) is 1.17. The third-order valence-corrected chi connectivity index (χ3v) is 5.20. The van der Waals surface area contributed by atoms with Crippen LogP contribution in [0.1, 0.15) is 13.8 Å². The van der Waals surface area contributed by atoms with E-state index in [1.807, 2.05) is 13.8 Å². The SMILES string of the molecule is CC(C)C(N)CNS(=O)(=O)c1ccc(Cl)c(Br)c1. The van der Waals surface area contributed by atoms with Gasteiger partial charge in [-0.15, -0.1) is 0 Å². The third kappa shape index (κ3) is 4.20. The summed E-state index contributed by atoms with van der Waals surface area (Å²) in [6.45, 7) is 4.09. The molecule has 1 unspecified atom stereocenters. The van der Waals surface area contributed by atoms with Crippen LogP contribution in [0.4, 0.5) is 0 Å². The van der Waals surface area contributed by atoms with Crippen molar-refractivity contribution in [3.05, 3.63) is 27.7 Å². The van der Waals surface area contributed by atoms with E-state index in [1.165, 1.54) is 18.2 Å². The molecule has 0 radical (unpaired) electrons. The van der Waals surface area contributed by atoms with Crippen molar-refractivity contribution in [2.75, 3.05) is 6.54 Å². The monoisotopic (exact) mass is 354 g/mol. The summed E-state index contributed by atoms with van der Waals surface area (Å²) in [5.74, 6) is 0.213. The lowest BCUT2D eigenvalue weighted by molar-refractivity contribution is 0.481. The van der Waals surface area contributed by atoms with Gasteiger partial charge in [-0.1, -0.05) is 25.4 Å². The predicted octanol–water partition coefficient (Wildman–Crippen LogP) is 2.36. The number of benzene rings is 1. The molecule has 1 rings (SSSR count). The first kappa shape index (κ1) is 15.9. The van der Waals surface area contributed by atoms with E-state index in [9.17, 15) is 8.42 Å². The van der Waals surface area contributed by atoms with Crippen LogP contribution in [0.25, 0.3) is 0 Å². The van der Waals surface area contributed by atoms with E-state index < -0.39 is 10.0 Å². The van der Waals surface area contributed by atoms with E-state index in [2.05, 4.69) is 20.7 Å². The minimum absolute atomic E-state index is 0.162. The Morgan fingerprint density at radius 3 is 2.56 bits per heavy atom. The van der Waals surface area contributed by atoms with E-state index >= 15 is 0 Å². The van der Waals surface area contributed by atoms with Crippen molar-refractivity contribution in [2.24, 2.45) is 11.7 Å². The molecule has 0 amide bonds. The number of sulfonamides is 1. The van der Waals surface area contributed by atoms with Crippen LogP contribution in [-0.4, -0.2) is 21.0 Å². The Bertz CT molecular complexity index is 520. The average molecular weight is 356 g/mol. The zero-order valence-electron chi connectivity index (χ0n) is 10.2. The molecule has 0 aromatic heterocycles. The van der Waals surface area contributed by atoms with E-state index in [1.54, 1.807) is 0 Å². The molecule has 7 heteroatoms. The van der Waals surface area contributed by atoms with Crippen LogP contribution in [0.3, 0.4) is 0 Å². The Balaban J connectivity index is 2.83. The Labute approximate surface area is 121 Å². The predicted molar refractivity (Wildman–Crippen MR) is 77.2 cm³/mol. The number of halogens is 2. The lowest BCUT2D eigenvalue weighted by atomic mass is 10.1. The average Bonchev–Trinajstić information content (AvgIpc) is 2.29. The number of rotatable bonds is 5. The van der Waals surface area contributed by atoms with Gasteiger partial charge in [0.1, 0.15) is 0 Å². The van der Waals surface area contributed by atoms with Crippen LogP contribution >= 0.6 is 27.5 Å². The lowest BCUT2D eigenvalue weighted by Gasteiger charge is -2.16. The summed E-state index contributed by atoms with van der Waals surface area (Å²) in [4.78, 5) is 0.162. The fourth-order valence-corrected chi connectivity index (χ4v) is 2.92. The van der Waals surface area contributed by atoms with Crippen molar-refractivity contribution in [3.8, 4) is 0 Å². The highest BCUT2D eigenvalue weighted by atomic mass is 79.9. The maximum atomic E-state index is 12.0. The largest absolute Gasteiger partial charge is 0.326 e. The van der Waals surface area contributed by atoms with Gasteiger partial charge in [0.2, 0.25) is 10.0 Å². The highest BCUT2D eigenvalue weighted by Gasteiger charge is 2.17. The molecule has 1 aromatic rings. The summed E-state index contributed by atoms with van der Waals surface area (Å²) in [6.07, 6.45) is 0. The van der Waals surface area contributed by atoms with Crippen molar-refractivity contribution >= 4 is 37.6 Å². The smallest absolute Gasteiger partial charge is 0.240 e. The lowest BCUT2D eigenvalue weighted by Crippen LogP contribution is -2.40. The summed E-state index contributed by atoms with van der Waals surface area (Å²) in [7, 11) is -3.55. The Kier molecular flexibility index (Phi) is 5.61. The quantitative estimate of drug-likeness (QED) is 0.851. The van der Waals surface area contributed by atoms with Crippen LogP contribution < -0.4 is 10.5 Å². The molecule has 18 heavy (non-hydrogen) atoms. The van der Waals surface area contributed by atoms with Crippen molar-refractivity contribution < 1.29 is 8.42 Å². The summed E-state index contributed by atoms with van der Waals surface area (Å²) in [5, 5.41) is 0.466. The van der Waals surface area contributed by atoms with Crippen LogP contribution in [-0.2, 0) is 10.0 Å². The highest BCUT2D eigenvalue weighted by Crippen LogP contribution is 2.25. The van der Waals surface area contributed by atoms with Gasteiger partial charge in [0.25, 0.3) is 0 Å². The minimum Gasteiger partial charge on any atom is -0.326 e. The van der Waals surface area contributed by atoms with Crippen molar-refractivity contribution in [1.82, 2.24) is 4.72 Å². The molecule has 0 aliphatic heterocycles. The third-order valence-electron chi connectivity index (χ3n) is 2.57. The second kappa shape index (κ2) is 6.34. The van der Waals surface area contributed by atoms with Gasteiger partial charge in [-0.25, -0.2) is 13.1 Å². The van der Waals surface area contributed by atoms with Gasteiger partial charge in [0.15, 0.2) is 0 Å². The van der Waals surface area contributed by atoms with Crippen molar-refractivity contribution in [2.45, 2.75) is 24.8 Å². The van der Waals surface area contributed by atoms with Crippen molar-refractivity contribution in [3.63, 3.8) is 0 Å². The van der Waals surface area contributed by atoms with Gasteiger partial charge in [0, 0.05) is 17.1 Å². The standard InChI is InChI=1S/C11H16BrClN2O2S/c1-7(2)11(14)6-15-18(16,17)8-3-4-10(13)9(12)5-8/h3-5,7,11,15H,6,14H2,1-2H3. The summed E-state index contributed by atoms with van der Waals surface area (Å²) in [5.41, 5.74) is 5.80. The Morgan fingerprint density at radius 2 is 2.06 bits per heavy atom. The van der Waals surface area contributed by atoms with Gasteiger partial charge in [0.05, 0.1) is 9.92 Å². The van der Waals surface area contributed by atoms with Crippen LogP contribution in [0.5, 0.6) is 0 Å². The molecule has 0 saturated carbocycles. The highest BCUT2D eigenvalue weighted by molar-refractivity contribution is 9.10. The van der Waals surface area contributed by atoms with Gasteiger partial charge >= 0.3 is 0 Å². The topological polar surface area (TPSA) is 72.2 Å². The number of hydrogen-bond acceptors (Lipinski definition) is 3. The fraction of sp³-hybridized carbons (Fsp3) is 0.455. The Hall–Kier alpha value is -0.140. The van der Waals surface area contributed by atoms with Gasteiger partial charge < -0.3 is 5.73 Å². The van der Waals surface area contributed by atoms with E-state index in [0.29, 0.717) is 9.50 Å². The maximum absolute atomic E-state index is 12.0. The number of nitrogens with one attached hydrogen (secondary N) is 1. The number of hydrogen-bond donors (Lipinski definition) is 2. The molecule has 102 valence electrons. The molecule has 3 N–H and O–H groups in total. The second-order valence-electron chi connectivity index (χ2n) is 4.34. The molecular formula is C11H16BrClN2O2S. The van der Waals surface area contributed by atoms with E-state index in [0.717, 1.165) is 0 Å². The van der Waals surface area contributed by atoms with Crippen LogP contribution in [0.15, 0.2) is 27.6 Å². The second-order valence-corrected chi connectivity index (χ2v) is 7.36. The van der Waals surface area contributed by atoms with Gasteiger partial charge in [-0.2, -0.15) is 0 Å². The van der Waals surface area contributed by atoms with E-state index in [4.69, 9.17) is 17.3 Å². The molecule has 0 aliphatic carbocycles.